The van der Waals surface area contributed by atoms with Crippen LogP contribution in [0.2, 0.25) is 0 Å². The molecule has 0 saturated heterocycles. The quantitative estimate of drug-likeness (QED) is 0.698. The van der Waals surface area contributed by atoms with Gasteiger partial charge in [0.1, 0.15) is 5.82 Å². The lowest BCUT2D eigenvalue weighted by Crippen LogP contribution is -2.30. The number of ether oxygens (including phenoxy) is 2. The van der Waals surface area contributed by atoms with Crippen molar-refractivity contribution >= 4 is 28.2 Å². The summed E-state index contributed by atoms with van der Waals surface area (Å²) in [6, 6.07) is 2.01. The first kappa shape index (κ1) is 17.2. The highest BCUT2D eigenvalue weighted by Gasteiger charge is 2.24. The van der Waals surface area contributed by atoms with Gasteiger partial charge in [0, 0.05) is 23.9 Å². The molecule has 0 unspecified atom stereocenters. The minimum Gasteiger partial charge on any atom is -0.481 e. The van der Waals surface area contributed by atoms with E-state index in [0.717, 1.165) is 23.5 Å². The summed E-state index contributed by atoms with van der Waals surface area (Å²) in [7, 11) is 3.06. The van der Waals surface area contributed by atoms with Crippen LogP contribution in [0.25, 0.3) is 0 Å². The van der Waals surface area contributed by atoms with Gasteiger partial charge in [-0.1, -0.05) is 11.3 Å². The standard InChI is InChI=1S/C16H16N6O4S/c1-24-13-5-12(19-15(20-13)25-2)22-4-3-9-11(7-22)27-16(18-9)21-14(23)10-6-17-8-26-10/h5-6,8H,3-4,7H2,1-2H3,(H,18,21,23). The third-order valence-corrected chi connectivity index (χ3v) is 4.99. The van der Waals surface area contributed by atoms with Crippen LogP contribution in [-0.2, 0) is 13.0 Å². The highest BCUT2D eigenvalue weighted by Crippen LogP contribution is 2.31. The Labute approximate surface area is 158 Å². The summed E-state index contributed by atoms with van der Waals surface area (Å²) in [5.41, 5.74) is 0.970. The highest BCUT2D eigenvalue weighted by molar-refractivity contribution is 7.15. The first-order valence-corrected chi connectivity index (χ1v) is 8.88. The van der Waals surface area contributed by atoms with Crippen molar-refractivity contribution in [1.29, 1.82) is 0 Å². The molecule has 0 atom stereocenters. The van der Waals surface area contributed by atoms with E-state index in [-0.39, 0.29) is 17.7 Å². The van der Waals surface area contributed by atoms with Crippen LogP contribution >= 0.6 is 11.3 Å². The van der Waals surface area contributed by atoms with Gasteiger partial charge in [-0.25, -0.2) is 9.97 Å². The summed E-state index contributed by atoms with van der Waals surface area (Å²) in [5.74, 6) is 0.919. The molecule has 1 amide bonds. The van der Waals surface area contributed by atoms with Gasteiger partial charge in [-0.2, -0.15) is 9.97 Å². The van der Waals surface area contributed by atoms with Crippen molar-refractivity contribution in [2.75, 3.05) is 31.0 Å². The maximum Gasteiger partial charge on any atom is 0.321 e. The molecule has 0 saturated carbocycles. The van der Waals surface area contributed by atoms with Gasteiger partial charge >= 0.3 is 6.01 Å². The van der Waals surface area contributed by atoms with Crippen LogP contribution in [0.15, 0.2) is 23.1 Å². The summed E-state index contributed by atoms with van der Waals surface area (Å²) in [5, 5.41) is 3.27. The number of fused-ring (bicyclic) bond motifs is 1. The predicted octanol–water partition coefficient (Wildman–Crippen LogP) is 1.75. The molecule has 4 rings (SSSR count). The van der Waals surface area contributed by atoms with Gasteiger partial charge < -0.3 is 18.8 Å². The fourth-order valence-corrected chi connectivity index (χ4v) is 3.70. The summed E-state index contributed by atoms with van der Waals surface area (Å²) < 4.78 is 15.3. The van der Waals surface area contributed by atoms with E-state index in [4.69, 9.17) is 13.9 Å². The Kier molecular flexibility index (Phi) is 4.59. The fraction of sp³-hybridized carbons (Fsp3) is 0.312. The van der Waals surface area contributed by atoms with E-state index < -0.39 is 0 Å². The van der Waals surface area contributed by atoms with Crippen LogP contribution in [0.5, 0.6) is 11.9 Å². The molecular weight excluding hydrogens is 372 g/mol. The number of amides is 1. The van der Waals surface area contributed by atoms with E-state index in [9.17, 15) is 4.79 Å². The molecule has 3 aromatic rings. The molecule has 140 valence electrons. The largest absolute Gasteiger partial charge is 0.481 e. The summed E-state index contributed by atoms with van der Waals surface area (Å²) in [4.78, 5) is 32.0. The number of aromatic nitrogens is 4. The van der Waals surface area contributed by atoms with Crippen LogP contribution in [0.3, 0.4) is 0 Å². The zero-order valence-corrected chi connectivity index (χ0v) is 15.4. The monoisotopic (exact) mass is 388 g/mol. The van der Waals surface area contributed by atoms with Crippen molar-refractivity contribution in [3.05, 3.63) is 35.0 Å². The first-order valence-electron chi connectivity index (χ1n) is 8.06. The molecule has 0 aliphatic carbocycles. The Morgan fingerprint density at radius 3 is 2.93 bits per heavy atom. The Balaban J connectivity index is 1.52. The molecule has 11 heteroatoms. The number of anilines is 2. The minimum absolute atomic E-state index is 0.143. The topological polar surface area (TPSA) is 116 Å². The molecule has 0 radical (unpaired) electrons. The summed E-state index contributed by atoms with van der Waals surface area (Å²) in [6.45, 7) is 1.35. The number of rotatable bonds is 5. The number of nitrogens with one attached hydrogen (secondary N) is 1. The number of hydrogen-bond acceptors (Lipinski definition) is 10. The van der Waals surface area contributed by atoms with Crippen LogP contribution < -0.4 is 19.7 Å². The van der Waals surface area contributed by atoms with E-state index in [1.165, 1.54) is 31.0 Å². The molecule has 0 spiro atoms. The first-order chi connectivity index (χ1) is 13.2. The van der Waals surface area contributed by atoms with Gasteiger partial charge in [0.2, 0.25) is 11.6 Å². The molecule has 1 aliphatic rings. The SMILES string of the molecule is COc1cc(N2CCc3nc(NC(=O)c4cnco4)sc3C2)nc(OC)n1. The Bertz CT molecular complexity index is 936. The maximum atomic E-state index is 12.1. The smallest absolute Gasteiger partial charge is 0.321 e. The van der Waals surface area contributed by atoms with Gasteiger partial charge in [0.15, 0.2) is 11.5 Å². The van der Waals surface area contributed by atoms with Crippen molar-refractivity contribution in [2.24, 2.45) is 0 Å². The molecule has 0 aromatic carbocycles. The van der Waals surface area contributed by atoms with Crippen LogP contribution in [0, 0.1) is 0 Å². The molecule has 1 aliphatic heterocycles. The number of nitrogens with zero attached hydrogens (tertiary/aromatic N) is 5. The van der Waals surface area contributed by atoms with E-state index >= 15 is 0 Å². The molecule has 10 nitrogen and oxygen atoms in total. The molecule has 0 fully saturated rings. The number of hydrogen-bond donors (Lipinski definition) is 1. The average Bonchev–Trinajstić information content (AvgIpc) is 3.36. The average molecular weight is 388 g/mol. The lowest BCUT2D eigenvalue weighted by Gasteiger charge is -2.27. The number of carbonyl (C=O) groups excluding carboxylic acids is 1. The number of methoxy groups -OCH3 is 2. The van der Waals surface area contributed by atoms with Crippen molar-refractivity contribution in [1.82, 2.24) is 19.9 Å². The third kappa shape index (κ3) is 3.53. The fourth-order valence-electron chi connectivity index (χ4n) is 2.68. The van der Waals surface area contributed by atoms with Crippen molar-refractivity contribution in [3.8, 4) is 11.9 Å². The predicted molar refractivity (Wildman–Crippen MR) is 96.5 cm³/mol. The van der Waals surface area contributed by atoms with Gasteiger partial charge in [0.05, 0.1) is 32.7 Å². The van der Waals surface area contributed by atoms with Crippen molar-refractivity contribution < 1.29 is 18.7 Å². The normalized spacial score (nSPS) is 13.2. The van der Waals surface area contributed by atoms with Crippen LogP contribution in [0.1, 0.15) is 21.1 Å². The van der Waals surface area contributed by atoms with E-state index in [1.54, 1.807) is 13.2 Å². The highest BCUT2D eigenvalue weighted by atomic mass is 32.1. The zero-order chi connectivity index (χ0) is 18.8. The molecular formula is C16H16N6O4S. The van der Waals surface area contributed by atoms with Crippen LogP contribution in [-0.4, -0.2) is 46.6 Å². The van der Waals surface area contributed by atoms with E-state index in [2.05, 4.69) is 30.2 Å². The molecule has 3 aromatic heterocycles. The van der Waals surface area contributed by atoms with Gasteiger partial charge in [-0.3, -0.25) is 10.1 Å². The van der Waals surface area contributed by atoms with E-state index in [1.807, 2.05) is 0 Å². The molecule has 0 bridgehead atoms. The van der Waals surface area contributed by atoms with E-state index in [0.29, 0.717) is 23.4 Å². The second-order valence-corrected chi connectivity index (χ2v) is 6.72. The summed E-state index contributed by atoms with van der Waals surface area (Å²) in [6.07, 6.45) is 3.31. The van der Waals surface area contributed by atoms with Crippen LogP contribution in [0.4, 0.5) is 10.9 Å². The third-order valence-electron chi connectivity index (χ3n) is 3.99. The lowest BCUT2D eigenvalue weighted by molar-refractivity contribution is 0.0996. The number of thiazole rings is 1. The lowest BCUT2D eigenvalue weighted by atomic mass is 10.2. The molecule has 1 N–H and O–H groups in total. The Morgan fingerprint density at radius 2 is 2.19 bits per heavy atom. The maximum absolute atomic E-state index is 12.1. The molecule has 4 heterocycles. The Hall–Kier alpha value is -3.21. The Morgan fingerprint density at radius 1 is 1.30 bits per heavy atom. The molecule has 27 heavy (non-hydrogen) atoms. The number of oxazole rings is 1. The summed E-state index contributed by atoms with van der Waals surface area (Å²) >= 11 is 1.43. The number of carbonyl (C=O) groups is 1. The minimum atomic E-state index is -0.374. The van der Waals surface area contributed by atoms with Crippen molar-refractivity contribution in [2.45, 2.75) is 13.0 Å². The van der Waals surface area contributed by atoms with Gasteiger partial charge in [-0.15, -0.1) is 0 Å². The zero-order valence-electron chi connectivity index (χ0n) is 14.6. The van der Waals surface area contributed by atoms with Gasteiger partial charge in [-0.05, 0) is 0 Å². The van der Waals surface area contributed by atoms with Crippen molar-refractivity contribution in [3.63, 3.8) is 0 Å². The second-order valence-electron chi connectivity index (χ2n) is 5.64. The van der Waals surface area contributed by atoms with Gasteiger partial charge in [0.25, 0.3) is 5.91 Å². The second kappa shape index (κ2) is 7.19.